The first kappa shape index (κ1) is 11.2. The Kier molecular flexibility index (Phi) is 4.06. The van der Waals surface area contributed by atoms with Crippen molar-refractivity contribution >= 4 is 17.2 Å². The molecule has 5 heteroatoms. The van der Waals surface area contributed by atoms with Crippen LogP contribution in [0, 0.1) is 0 Å². The number of thiophene rings is 1. The van der Waals surface area contributed by atoms with Crippen molar-refractivity contribution in [2.45, 2.75) is 19.5 Å². The molecular weight excluding hydrogens is 198 g/mol. The first-order valence-electron chi connectivity index (χ1n) is 4.37. The van der Waals surface area contributed by atoms with E-state index >= 15 is 0 Å². The van der Waals surface area contributed by atoms with Gasteiger partial charge < -0.3 is 0 Å². The molecule has 0 aromatic carbocycles. The Morgan fingerprint density at radius 2 is 2.50 bits per heavy atom. The van der Waals surface area contributed by atoms with Crippen molar-refractivity contribution in [2.75, 3.05) is 7.05 Å². The molecule has 0 aliphatic carbocycles. The fourth-order valence-corrected chi connectivity index (χ4v) is 1.79. The molecule has 14 heavy (non-hydrogen) atoms. The van der Waals surface area contributed by atoms with Crippen molar-refractivity contribution < 1.29 is 4.79 Å². The number of carbonyl (C=O) groups is 1. The first-order valence-corrected chi connectivity index (χ1v) is 5.31. The highest BCUT2D eigenvalue weighted by Crippen LogP contribution is 2.10. The Labute approximate surface area is 87.7 Å². The van der Waals surface area contributed by atoms with Crippen LogP contribution in [0.25, 0.3) is 0 Å². The van der Waals surface area contributed by atoms with Gasteiger partial charge in [0.15, 0.2) is 0 Å². The second-order valence-electron chi connectivity index (χ2n) is 3.23. The van der Waals surface area contributed by atoms with Crippen LogP contribution in [-0.2, 0) is 11.3 Å². The third-order valence-electron chi connectivity index (χ3n) is 2.19. The SMILES string of the molecule is CC(C(=O)NN)N(C)Cc1ccsc1. The van der Waals surface area contributed by atoms with Crippen LogP contribution >= 0.6 is 11.3 Å². The van der Waals surface area contributed by atoms with Gasteiger partial charge in [-0.25, -0.2) is 5.84 Å². The third-order valence-corrected chi connectivity index (χ3v) is 2.93. The quantitative estimate of drug-likeness (QED) is 0.436. The Bertz CT molecular complexity index is 286. The van der Waals surface area contributed by atoms with Crippen LogP contribution in [0.4, 0.5) is 0 Å². The molecule has 3 N–H and O–H groups in total. The van der Waals surface area contributed by atoms with Crippen LogP contribution in [0.1, 0.15) is 12.5 Å². The van der Waals surface area contributed by atoms with Crippen molar-refractivity contribution in [2.24, 2.45) is 5.84 Å². The summed E-state index contributed by atoms with van der Waals surface area (Å²) in [4.78, 5) is 13.2. The van der Waals surface area contributed by atoms with Gasteiger partial charge in [0.05, 0.1) is 6.04 Å². The van der Waals surface area contributed by atoms with Gasteiger partial charge in [-0.15, -0.1) is 0 Å². The molecule has 0 fully saturated rings. The van der Waals surface area contributed by atoms with E-state index in [1.807, 2.05) is 30.3 Å². The summed E-state index contributed by atoms with van der Waals surface area (Å²) in [6.07, 6.45) is 0. The molecular formula is C9H15N3OS. The predicted molar refractivity (Wildman–Crippen MR) is 57.6 cm³/mol. The maximum atomic E-state index is 11.2. The highest BCUT2D eigenvalue weighted by molar-refractivity contribution is 7.07. The van der Waals surface area contributed by atoms with E-state index in [4.69, 9.17) is 5.84 Å². The Hall–Kier alpha value is -0.910. The summed E-state index contributed by atoms with van der Waals surface area (Å²) in [7, 11) is 1.90. The number of amides is 1. The number of carbonyl (C=O) groups excluding carboxylic acids is 1. The molecule has 1 heterocycles. The van der Waals surface area contributed by atoms with Crippen LogP contribution in [-0.4, -0.2) is 23.9 Å². The number of likely N-dealkylation sites (N-methyl/N-ethyl adjacent to an activating group) is 1. The molecule has 1 aromatic heterocycles. The lowest BCUT2D eigenvalue weighted by Gasteiger charge is -2.22. The molecule has 0 aliphatic rings. The molecule has 1 amide bonds. The number of rotatable bonds is 4. The average Bonchev–Trinajstić information content (AvgIpc) is 2.68. The van der Waals surface area contributed by atoms with E-state index < -0.39 is 0 Å². The van der Waals surface area contributed by atoms with Gasteiger partial charge >= 0.3 is 0 Å². The highest BCUT2D eigenvalue weighted by Gasteiger charge is 2.16. The van der Waals surface area contributed by atoms with Gasteiger partial charge in [0, 0.05) is 6.54 Å². The average molecular weight is 213 g/mol. The number of nitrogens with two attached hydrogens (primary N) is 1. The lowest BCUT2D eigenvalue weighted by Crippen LogP contribution is -2.45. The number of hydrogen-bond acceptors (Lipinski definition) is 4. The van der Waals surface area contributed by atoms with Gasteiger partial charge in [-0.3, -0.25) is 15.1 Å². The maximum Gasteiger partial charge on any atom is 0.250 e. The van der Waals surface area contributed by atoms with E-state index in [-0.39, 0.29) is 11.9 Å². The van der Waals surface area contributed by atoms with E-state index in [0.717, 1.165) is 6.54 Å². The van der Waals surface area contributed by atoms with Crippen molar-refractivity contribution in [1.82, 2.24) is 10.3 Å². The second kappa shape index (κ2) is 5.09. The van der Waals surface area contributed by atoms with Gasteiger partial charge in [0.25, 0.3) is 5.91 Å². The molecule has 1 unspecified atom stereocenters. The van der Waals surface area contributed by atoms with Crippen LogP contribution in [0.15, 0.2) is 16.8 Å². The van der Waals surface area contributed by atoms with Crippen molar-refractivity contribution in [3.8, 4) is 0 Å². The zero-order valence-corrected chi connectivity index (χ0v) is 9.17. The summed E-state index contributed by atoms with van der Waals surface area (Å²) in [6, 6.07) is 1.84. The molecule has 1 atom stereocenters. The van der Waals surface area contributed by atoms with Crippen LogP contribution < -0.4 is 11.3 Å². The molecule has 4 nitrogen and oxygen atoms in total. The summed E-state index contributed by atoms with van der Waals surface area (Å²) in [6.45, 7) is 2.59. The van der Waals surface area contributed by atoms with Gasteiger partial charge in [0.1, 0.15) is 0 Å². The minimum Gasteiger partial charge on any atom is -0.293 e. The van der Waals surface area contributed by atoms with Crippen molar-refractivity contribution in [3.05, 3.63) is 22.4 Å². The smallest absolute Gasteiger partial charge is 0.250 e. The maximum absolute atomic E-state index is 11.2. The van der Waals surface area contributed by atoms with Gasteiger partial charge in [-0.2, -0.15) is 11.3 Å². The molecule has 0 aliphatic heterocycles. The summed E-state index contributed by atoms with van der Waals surface area (Å²) in [5, 5.41) is 4.10. The Balaban J connectivity index is 2.49. The minimum absolute atomic E-state index is 0.164. The van der Waals surface area contributed by atoms with Gasteiger partial charge in [0.2, 0.25) is 0 Å². The van der Waals surface area contributed by atoms with Gasteiger partial charge in [-0.1, -0.05) is 0 Å². The topological polar surface area (TPSA) is 58.4 Å². The molecule has 0 radical (unpaired) electrons. The number of hydrazine groups is 1. The fraction of sp³-hybridized carbons (Fsp3) is 0.444. The third kappa shape index (κ3) is 2.80. The van der Waals surface area contributed by atoms with E-state index in [9.17, 15) is 4.79 Å². The van der Waals surface area contributed by atoms with Crippen molar-refractivity contribution in [1.29, 1.82) is 0 Å². The minimum atomic E-state index is -0.208. The summed E-state index contributed by atoms with van der Waals surface area (Å²) >= 11 is 1.66. The molecule has 0 bridgehead atoms. The summed E-state index contributed by atoms with van der Waals surface area (Å²) < 4.78 is 0. The van der Waals surface area contributed by atoms with Crippen LogP contribution in [0.5, 0.6) is 0 Å². The zero-order chi connectivity index (χ0) is 10.6. The summed E-state index contributed by atoms with van der Waals surface area (Å²) in [5.41, 5.74) is 3.36. The Morgan fingerprint density at radius 3 is 3.00 bits per heavy atom. The predicted octanol–water partition coefficient (Wildman–Crippen LogP) is 0.558. The lowest BCUT2D eigenvalue weighted by atomic mass is 10.2. The standard InChI is InChI=1S/C9H15N3OS/c1-7(9(13)11-10)12(2)5-8-3-4-14-6-8/h3-4,6-7H,5,10H2,1-2H3,(H,11,13). The molecule has 0 saturated heterocycles. The van der Waals surface area contributed by atoms with Crippen LogP contribution in [0.3, 0.4) is 0 Å². The molecule has 1 rings (SSSR count). The van der Waals surface area contributed by atoms with E-state index in [1.54, 1.807) is 11.3 Å². The molecule has 0 saturated carbocycles. The molecule has 0 spiro atoms. The molecule has 1 aromatic rings. The largest absolute Gasteiger partial charge is 0.293 e. The lowest BCUT2D eigenvalue weighted by molar-refractivity contribution is -0.125. The fourth-order valence-electron chi connectivity index (χ4n) is 1.13. The first-order chi connectivity index (χ1) is 6.65. The monoisotopic (exact) mass is 213 g/mol. The zero-order valence-electron chi connectivity index (χ0n) is 8.36. The second-order valence-corrected chi connectivity index (χ2v) is 4.01. The number of nitrogens with zero attached hydrogens (tertiary/aromatic N) is 1. The summed E-state index contributed by atoms with van der Waals surface area (Å²) in [5.74, 6) is 4.90. The van der Waals surface area contributed by atoms with Crippen molar-refractivity contribution in [3.63, 3.8) is 0 Å². The highest BCUT2D eigenvalue weighted by atomic mass is 32.1. The number of nitrogens with one attached hydrogen (secondary N) is 1. The normalized spacial score (nSPS) is 12.9. The number of hydrogen-bond donors (Lipinski definition) is 2. The van der Waals surface area contributed by atoms with E-state index in [1.165, 1.54) is 5.56 Å². The van der Waals surface area contributed by atoms with Gasteiger partial charge in [-0.05, 0) is 36.4 Å². The molecule has 78 valence electrons. The van der Waals surface area contributed by atoms with E-state index in [0.29, 0.717) is 0 Å². The van der Waals surface area contributed by atoms with E-state index in [2.05, 4.69) is 10.8 Å². The Morgan fingerprint density at radius 1 is 1.79 bits per heavy atom. The van der Waals surface area contributed by atoms with Crippen LogP contribution in [0.2, 0.25) is 0 Å².